The smallest absolute Gasteiger partial charge is 0 e. The van der Waals surface area contributed by atoms with Crippen LogP contribution in [0.5, 0.6) is 0 Å². The predicted molar refractivity (Wildman–Crippen MR) is 36.7 cm³/mol. The van der Waals surface area contributed by atoms with Crippen molar-refractivity contribution < 1.29 is 86.9 Å². The summed E-state index contributed by atoms with van der Waals surface area (Å²) in [5.74, 6) is 0. The quantitative estimate of drug-likeness (QED) is 0.103. The summed E-state index contributed by atoms with van der Waals surface area (Å²) in [6.45, 7) is 1.01. The summed E-state index contributed by atoms with van der Waals surface area (Å²) >= 11 is 0. The van der Waals surface area contributed by atoms with Crippen LogP contribution < -0.4 is 5.73 Å². The molecule has 0 rings (SSSR count). The second kappa shape index (κ2) is 53.5. The van der Waals surface area contributed by atoms with Gasteiger partial charge in [0.1, 0.15) is 0 Å². The van der Waals surface area contributed by atoms with Gasteiger partial charge in [-0.15, -0.1) is 0 Å². The zero-order valence-corrected chi connectivity index (χ0v) is 14.6. The predicted octanol–water partition coefficient (Wildman–Crippen LogP) is -0.939. The number of carbonyl (C=O) groups excluding carboxylic acids is 1. The maximum absolute atomic E-state index is 9.03. The van der Waals surface area contributed by atoms with Crippen LogP contribution in [0.4, 0.5) is 0 Å². The van der Waals surface area contributed by atoms with E-state index < -0.39 is 0 Å². The minimum atomic E-state index is 0. The number of nitrogens with two attached hydrogens (primary N) is 1. The Labute approximate surface area is 126 Å². The van der Waals surface area contributed by atoms with Crippen molar-refractivity contribution in [2.24, 2.45) is 10.9 Å². The van der Waals surface area contributed by atoms with Gasteiger partial charge in [0.2, 0.25) is 0 Å². The van der Waals surface area contributed by atoms with Gasteiger partial charge in [-0.1, -0.05) is 0 Å². The maximum Gasteiger partial charge on any atom is 0 e. The Bertz CT molecular complexity index is 82.6. The molecule has 2 radical (unpaired) electrons. The summed E-state index contributed by atoms with van der Waals surface area (Å²) in [5, 5.41) is 2.69. The van der Waals surface area contributed by atoms with Crippen molar-refractivity contribution in [1.82, 2.24) is 0 Å². The van der Waals surface area contributed by atoms with Gasteiger partial charge < -0.3 is 32.8 Å². The second-order valence-corrected chi connectivity index (χ2v) is 0.395. The van der Waals surface area contributed by atoms with Gasteiger partial charge in [0, 0.05) is 72.3 Å². The van der Waals surface area contributed by atoms with E-state index in [4.69, 9.17) is 9.69 Å². The molecule has 0 aromatic rings. The van der Waals surface area contributed by atoms with E-state index in [2.05, 4.69) is 15.7 Å². The van der Waals surface area contributed by atoms with E-state index in [1.807, 2.05) is 0 Å². The van der Waals surface area contributed by atoms with Gasteiger partial charge in [0.05, 0.1) is 0 Å². The van der Waals surface area contributed by atoms with Crippen molar-refractivity contribution in [2.75, 3.05) is 0 Å². The first-order valence-electron chi connectivity index (χ1n) is 1.36. The molecule has 1 atom stereocenters. The van der Waals surface area contributed by atoms with E-state index in [1.54, 1.807) is 6.34 Å². The van der Waals surface area contributed by atoms with E-state index in [0.29, 0.717) is 0 Å². The van der Waals surface area contributed by atoms with E-state index in [1.165, 1.54) is 9.47 Å². The molecule has 0 aromatic carbocycles. The van der Waals surface area contributed by atoms with Crippen molar-refractivity contribution in [3.8, 4) is 0 Å². The molecule has 0 fully saturated rings. The molecule has 0 aliphatic carbocycles. The van der Waals surface area contributed by atoms with E-state index in [9.17, 15) is 0 Å². The minimum Gasteiger partial charge on any atom is -0.560 e. The van der Waals surface area contributed by atoms with Crippen molar-refractivity contribution in [3.63, 3.8) is 0 Å². The standard InChI is InChI=1S/C2H2N2O2.CH3.H3OP.V.W.Y/c3-1-4-6-2-5;;1-2;;;/h(H2,3,4);1H3;1H,2H2;;;/q-2;-1;;;;. The third-order valence-electron chi connectivity index (χ3n) is 0.136. The van der Waals surface area contributed by atoms with Gasteiger partial charge >= 0.3 is 0 Å². The Kier molecular flexibility index (Phi) is 166. The number of hydrogen-bond acceptors (Lipinski definition) is 4. The zero-order valence-electron chi connectivity index (χ0n) is 6.30. The van der Waals surface area contributed by atoms with Crippen LogP contribution in [-0.2, 0) is 82.0 Å². The average molecular weight is 475 g/mol. The van der Waals surface area contributed by atoms with Crippen LogP contribution >= 0.6 is 9.47 Å². The molecule has 0 aromatic heterocycles. The molecule has 5 nitrogen and oxygen atoms in total. The van der Waals surface area contributed by atoms with Crippen LogP contribution in [0.1, 0.15) is 0 Å². The Balaban J connectivity index is -0.0000000140. The molecule has 1 unspecified atom stereocenters. The fourth-order valence-electron chi connectivity index (χ4n) is 0.0450. The third kappa shape index (κ3) is 60.6. The summed E-state index contributed by atoms with van der Waals surface area (Å²) < 4.78 is 0. The summed E-state index contributed by atoms with van der Waals surface area (Å²) in [6, 6.07) is 0. The molecule has 9 heteroatoms. The molecule has 0 spiro atoms. The van der Waals surface area contributed by atoms with Gasteiger partial charge in [-0.25, -0.2) is 0 Å². The van der Waals surface area contributed by atoms with Crippen molar-refractivity contribution in [2.45, 2.75) is 0 Å². The fourth-order valence-corrected chi connectivity index (χ4v) is 0.0450. The zero-order chi connectivity index (χ0) is 6.83. The fraction of sp³-hybridized carbons (Fsp3) is 0. The molecular formula is C3H8N2O3PVWY-3. The molecule has 3 N–H and O–H groups in total. The molecule has 12 heavy (non-hydrogen) atoms. The first-order valence-corrected chi connectivity index (χ1v) is 1.88. The molecule has 0 bridgehead atoms. The van der Waals surface area contributed by atoms with Crippen LogP contribution in [0, 0.1) is 7.43 Å². The van der Waals surface area contributed by atoms with Crippen molar-refractivity contribution in [1.29, 1.82) is 0 Å². The number of nitrogens with zero attached hydrogens (tertiary/aromatic N) is 1. The normalized spacial score (nSPS) is 4.83. The monoisotopic (exact) mass is 475 g/mol. The van der Waals surface area contributed by atoms with Crippen LogP contribution in [-0.4, -0.2) is 17.7 Å². The Morgan fingerprint density at radius 1 is 1.50 bits per heavy atom. The van der Waals surface area contributed by atoms with Crippen molar-refractivity contribution in [3.05, 3.63) is 7.43 Å². The van der Waals surface area contributed by atoms with Crippen LogP contribution in [0.2, 0.25) is 0 Å². The van der Waals surface area contributed by atoms with Crippen molar-refractivity contribution >= 4 is 22.3 Å². The first-order chi connectivity index (χ1) is 3.91. The minimum absolute atomic E-state index is 0. The van der Waals surface area contributed by atoms with Crippen LogP contribution in [0.15, 0.2) is 5.16 Å². The molecule has 0 saturated carbocycles. The molecule has 0 saturated heterocycles. The average Bonchev–Trinajstić information content (AvgIpc) is 1.88. The number of rotatable bonds is 2. The Hall–Kier alpha value is 1.71. The number of hydrogen-bond donors (Lipinski definition) is 2. The maximum atomic E-state index is 9.03. The van der Waals surface area contributed by atoms with Gasteiger partial charge in [-0.3, -0.25) is 6.34 Å². The van der Waals surface area contributed by atoms with Crippen LogP contribution in [0.3, 0.4) is 0 Å². The summed E-state index contributed by atoms with van der Waals surface area (Å²) in [4.78, 5) is 19.5. The van der Waals surface area contributed by atoms with E-state index >= 15 is 0 Å². The van der Waals surface area contributed by atoms with E-state index in [-0.39, 0.29) is 79.8 Å². The topological polar surface area (TPSA) is 84.9 Å². The summed E-state index contributed by atoms with van der Waals surface area (Å²) in [5.41, 5.74) is 4.49. The Morgan fingerprint density at radius 3 is 1.92 bits per heavy atom. The summed E-state index contributed by atoms with van der Waals surface area (Å²) in [6.07, 6.45) is 1.71. The van der Waals surface area contributed by atoms with Gasteiger partial charge in [-0.2, -0.15) is 0 Å². The summed E-state index contributed by atoms with van der Waals surface area (Å²) in [7, 11) is 1.42. The molecule has 0 amide bonds. The van der Waals surface area contributed by atoms with Gasteiger partial charge in [0.25, 0.3) is 0 Å². The van der Waals surface area contributed by atoms with E-state index in [0.717, 1.165) is 6.47 Å². The second-order valence-electron chi connectivity index (χ2n) is 0.395. The SMILES string of the molecule is N[C-]=NO[C-]=O.OP.[CH3-].[V].[W].[Y]. The van der Waals surface area contributed by atoms with Gasteiger partial charge in [-0.05, 0) is 15.9 Å². The first kappa shape index (κ1) is 37.3. The molecule has 70 valence electrons. The molecule has 0 heterocycles. The third-order valence-corrected chi connectivity index (χ3v) is 0.136. The largest absolute Gasteiger partial charge is 0.560 e. The Morgan fingerprint density at radius 2 is 1.83 bits per heavy atom. The van der Waals surface area contributed by atoms with Crippen LogP contribution in [0.25, 0.3) is 0 Å². The molecule has 0 aliphatic heterocycles. The molecular weight excluding hydrogens is 467 g/mol. The molecule has 0 aliphatic rings. The van der Waals surface area contributed by atoms with Gasteiger partial charge in [0.15, 0.2) is 0 Å².